The van der Waals surface area contributed by atoms with Crippen LogP contribution in [0.3, 0.4) is 0 Å². The van der Waals surface area contributed by atoms with Crippen molar-refractivity contribution < 1.29 is 22.7 Å². The number of amides is 2. The van der Waals surface area contributed by atoms with E-state index in [4.69, 9.17) is 4.74 Å². The van der Waals surface area contributed by atoms with Crippen molar-refractivity contribution in [3.8, 4) is 5.75 Å². The van der Waals surface area contributed by atoms with E-state index in [9.17, 15) is 18.0 Å². The van der Waals surface area contributed by atoms with Crippen LogP contribution in [0.15, 0.2) is 77.7 Å². The lowest BCUT2D eigenvalue weighted by molar-refractivity contribution is -0.140. The zero-order valence-electron chi connectivity index (χ0n) is 25.3. The number of ether oxygens (including phenoxy) is 1. The van der Waals surface area contributed by atoms with Gasteiger partial charge >= 0.3 is 0 Å². The largest absolute Gasteiger partial charge is 0.494 e. The van der Waals surface area contributed by atoms with Crippen molar-refractivity contribution in [1.82, 2.24) is 10.2 Å². The Morgan fingerprint density at radius 3 is 2.19 bits per heavy atom. The molecular weight excluding hydrogens is 550 g/mol. The number of anilines is 1. The quantitative estimate of drug-likeness (QED) is 0.231. The number of nitrogens with zero attached hydrogens (tertiary/aromatic N) is 2. The standard InChI is InChI=1S/C33H43N3O5S/c1-6-9-21-34-33(38)31(7-2)35(23-27-12-10-11-26(5)22-27)32(37)24-36(28-15-13-25(4)14-16-28)42(39,40)30-19-17-29(18-20-30)41-8-3/h10-20,22,31H,6-9,21,23-24H2,1-5H3,(H,34,38). The topological polar surface area (TPSA) is 96.0 Å². The monoisotopic (exact) mass is 593 g/mol. The van der Waals surface area contributed by atoms with Gasteiger partial charge in [-0.3, -0.25) is 13.9 Å². The van der Waals surface area contributed by atoms with Crippen molar-refractivity contribution in [1.29, 1.82) is 0 Å². The van der Waals surface area contributed by atoms with Crippen molar-refractivity contribution in [3.05, 3.63) is 89.5 Å². The van der Waals surface area contributed by atoms with Gasteiger partial charge in [0, 0.05) is 13.1 Å². The van der Waals surface area contributed by atoms with Gasteiger partial charge < -0.3 is 15.0 Å². The predicted molar refractivity (Wildman–Crippen MR) is 167 cm³/mol. The number of unbranched alkanes of at least 4 members (excludes halogenated alkanes) is 1. The molecule has 3 aromatic rings. The van der Waals surface area contributed by atoms with Gasteiger partial charge in [0.2, 0.25) is 11.8 Å². The lowest BCUT2D eigenvalue weighted by Crippen LogP contribution is -2.52. The lowest BCUT2D eigenvalue weighted by atomic mass is 10.1. The highest BCUT2D eigenvalue weighted by Gasteiger charge is 2.33. The number of nitrogens with one attached hydrogen (secondary N) is 1. The van der Waals surface area contributed by atoms with E-state index in [2.05, 4.69) is 5.32 Å². The minimum absolute atomic E-state index is 0.0360. The molecule has 0 aromatic heterocycles. The van der Waals surface area contributed by atoms with Gasteiger partial charge in [0.25, 0.3) is 10.0 Å². The van der Waals surface area contributed by atoms with Crippen LogP contribution in [0.4, 0.5) is 5.69 Å². The summed E-state index contributed by atoms with van der Waals surface area (Å²) >= 11 is 0. The number of carbonyl (C=O) groups is 2. The summed E-state index contributed by atoms with van der Waals surface area (Å²) < 4.78 is 34.7. The smallest absolute Gasteiger partial charge is 0.264 e. The molecule has 3 aromatic carbocycles. The number of rotatable bonds is 15. The molecule has 42 heavy (non-hydrogen) atoms. The van der Waals surface area contributed by atoms with Crippen LogP contribution in [0.25, 0.3) is 0 Å². The summed E-state index contributed by atoms with van der Waals surface area (Å²) in [4.78, 5) is 29.0. The number of aryl methyl sites for hydroxylation is 2. The Morgan fingerprint density at radius 2 is 1.60 bits per heavy atom. The molecule has 0 fully saturated rings. The molecule has 1 N–H and O–H groups in total. The molecule has 9 heteroatoms. The van der Waals surface area contributed by atoms with Gasteiger partial charge in [0.05, 0.1) is 17.2 Å². The van der Waals surface area contributed by atoms with E-state index in [1.54, 1.807) is 36.4 Å². The van der Waals surface area contributed by atoms with Gasteiger partial charge in [-0.2, -0.15) is 0 Å². The third kappa shape index (κ3) is 8.58. The molecule has 0 saturated carbocycles. The summed E-state index contributed by atoms with van der Waals surface area (Å²) in [5, 5.41) is 2.95. The van der Waals surface area contributed by atoms with Crippen LogP contribution in [0.5, 0.6) is 5.75 Å². The molecule has 0 saturated heterocycles. The second-order valence-electron chi connectivity index (χ2n) is 10.3. The fraction of sp³-hybridized carbons (Fsp3) is 0.394. The molecule has 0 aliphatic heterocycles. The van der Waals surface area contributed by atoms with Crippen molar-refractivity contribution in [3.63, 3.8) is 0 Å². The molecule has 8 nitrogen and oxygen atoms in total. The molecule has 0 aliphatic carbocycles. The molecule has 0 spiro atoms. The van der Waals surface area contributed by atoms with Gasteiger partial charge in [-0.15, -0.1) is 0 Å². The van der Waals surface area contributed by atoms with Gasteiger partial charge in [0.15, 0.2) is 0 Å². The lowest BCUT2D eigenvalue weighted by Gasteiger charge is -2.33. The number of benzene rings is 3. The first kappa shape index (κ1) is 32.7. The zero-order valence-corrected chi connectivity index (χ0v) is 26.1. The Bertz CT molecular complexity index is 1420. The van der Waals surface area contributed by atoms with Crippen LogP contribution in [0, 0.1) is 13.8 Å². The summed E-state index contributed by atoms with van der Waals surface area (Å²) in [5.74, 6) is -0.161. The third-order valence-corrected chi connectivity index (χ3v) is 8.76. The summed E-state index contributed by atoms with van der Waals surface area (Å²) in [6.07, 6.45) is 2.14. The zero-order chi connectivity index (χ0) is 30.7. The van der Waals surface area contributed by atoms with E-state index in [0.717, 1.165) is 33.8 Å². The molecule has 0 bridgehead atoms. The number of hydrogen-bond acceptors (Lipinski definition) is 5. The summed E-state index contributed by atoms with van der Waals surface area (Å²) in [6, 6.07) is 20.1. The highest BCUT2D eigenvalue weighted by molar-refractivity contribution is 7.92. The van der Waals surface area contributed by atoms with Crippen LogP contribution in [0.2, 0.25) is 0 Å². The fourth-order valence-corrected chi connectivity index (χ4v) is 6.09. The first-order valence-corrected chi connectivity index (χ1v) is 16.0. The van der Waals surface area contributed by atoms with Crippen molar-refractivity contribution in [2.45, 2.75) is 71.4 Å². The Morgan fingerprint density at radius 1 is 0.905 bits per heavy atom. The van der Waals surface area contributed by atoms with Gasteiger partial charge in [0.1, 0.15) is 18.3 Å². The van der Waals surface area contributed by atoms with Crippen LogP contribution in [-0.4, -0.2) is 50.9 Å². The minimum Gasteiger partial charge on any atom is -0.494 e. The number of hydrogen-bond donors (Lipinski definition) is 1. The number of carbonyl (C=O) groups excluding carboxylic acids is 2. The van der Waals surface area contributed by atoms with E-state index in [1.165, 1.54) is 17.0 Å². The highest BCUT2D eigenvalue weighted by Crippen LogP contribution is 2.26. The molecule has 1 unspecified atom stereocenters. The molecule has 0 heterocycles. The Kier molecular flexibility index (Phi) is 12.0. The van der Waals surface area contributed by atoms with E-state index in [1.807, 2.05) is 58.9 Å². The molecular formula is C33H43N3O5S. The van der Waals surface area contributed by atoms with Crippen LogP contribution >= 0.6 is 0 Å². The molecule has 226 valence electrons. The molecule has 2 amide bonds. The maximum atomic E-state index is 14.2. The average molecular weight is 594 g/mol. The Labute approximate surface area is 250 Å². The van der Waals surface area contributed by atoms with E-state index < -0.39 is 28.5 Å². The molecule has 1 atom stereocenters. The Balaban J connectivity index is 2.02. The maximum absolute atomic E-state index is 14.2. The summed E-state index contributed by atoms with van der Waals surface area (Å²) in [7, 11) is -4.15. The first-order chi connectivity index (χ1) is 20.1. The number of sulfonamides is 1. The second-order valence-corrected chi connectivity index (χ2v) is 12.2. The summed E-state index contributed by atoms with van der Waals surface area (Å²) in [5.41, 5.74) is 3.21. The maximum Gasteiger partial charge on any atom is 0.264 e. The van der Waals surface area contributed by atoms with Crippen LogP contribution in [0.1, 0.15) is 56.7 Å². The molecule has 0 aliphatic rings. The van der Waals surface area contributed by atoms with Crippen molar-refractivity contribution >= 4 is 27.5 Å². The van der Waals surface area contributed by atoms with Crippen LogP contribution in [-0.2, 0) is 26.2 Å². The average Bonchev–Trinajstić information content (AvgIpc) is 2.97. The van der Waals surface area contributed by atoms with E-state index in [0.29, 0.717) is 31.0 Å². The van der Waals surface area contributed by atoms with Crippen molar-refractivity contribution in [2.75, 3.05) is 24.0 Å². The fourth-order valence-electron chi connectivity index (χ4n) is 4.67. The van der Waals surface area contributed by atoms with E-state index in [-0.39, 0.29) is 17.3 Å². The SMILES string of the molecule is CCCCNC(=O)C(CC)N(Cc1cccc(C)c1)C(=O)CN(c1ccc(C)cc1)S(=O)(=O)c1ccc(OCC)cc1. The first-order valence-electron chi connectivity index (χ1n) is 14.6. The van der Waals surface area contributed by atoms with Crippen LogP contribution < -0.4 is 14.4 Å². The molecule has 3 rings (SSSR count). The normalized spacial score (nSPS) is 11.9. The van der Waals surface area contributed by atoms with Gasteiger partial charge in [-0.25, -0.2) is 8.42 Å². The second kappa shape index (κ2) is 15.4. The van der Waals surface area contributed by atoms with Crippen molar-refractivity contribution in [2.24, 2.45) is 0 Å². The highest BCUT2D eigenvalue weighted by atomic mass is 32.2. The molecule has 0 radical (unpaired) electrons. The minimum atomic E-state index is -4.15. The van der Waals surface area contributed by atoms with E-state index >= 15 is 0 Å². The van der Waals surface area contributed by atoms with Gasteiger partial charge in [-0.1, -0.05) is 67.8 Å². The summed E-state index contributed by atoms with van der Waals surface area (Å²) in [6.45, 7) is 10.3. The predicted octanol–water partition coefficient (Wildman–Crippen LogP) is 5.62. The third-order valence-electron chi connectivity index (χ3n) is 6.97. The van der Waals surface area contributed by atoms with Gasteiger partial charge in [-0.05, 0) is 75.6 Å². The Hall–Kier alpha value is -3.85.